The Bertz CT molecular complexity index is 4810. The van der Waals surface area contributed by atoms with Gasteiger partial charge in [-0.25, -0.2) is 19.9 Å². The molecular weight excluding hydrogens is 1630 g/mol. The van der Waals surface area contributed by atoms with Crippen molar-refractivity contribution in [1.29, 1.82) is 0 Å². The third-order valence-corrected chi connectivity index (χ3v) is 302. The van der Waals surface area contributed by atoms with Gasteiger partial charge in [0.15, 0.2) is 0 Å². The summed E-state index contributed by atoms with van der Waals surface area (Å²) in [6.07, 6.45) is 0. The first-order valence-electron chi connectivity index (χ1n) is 42.5. The Labute approximate surface area is 708 Å². The van der Waals surface area contributed by atoms with Crippen molar-refractivity contribution in [3.63, 3.8) is 0 Å². The molecule has 4 nitrogen and oxygen atoms in total. The van der Waals surface area contributed by atoms with E-state index in [1.54, 1.807) is 0 Å². The quantitative estimate of drug-likeness (QED) is 0.0529. The van der Waals surface area contributed by atoms with Crippen molar-refractivity contribution in [3.05, 3.63) is 154 Å². The zero-order valence-corrected chi connectivity index (χ0v) is 96.2. The maximum absolute atomic E-state index is 6.24. The third kappa shape index (κ3) is 17.4. The molecule has 20 heteroatoms. The number of aromatic nitrogens is 4. The lowest BCUT2D eigenvalue weighted by molar-refractivity contribution is 0.591. The molecule has 0 saturated carbocycles. The zero-order chi connectivity index (χ0) is 86.9. The van der Waals surface area contributed by atoms with Crippen LogP contribution in [0.15, 0.2) is 109 Å². The fraction of sp³-hybridized carbons (Fsp3) is 0.489. The summed E-state index contributed by atoms with van der Waals surface area (Å²) in [6, 6.07) is 39.8. The van der Waals surface area contributed by atoms with Gasteiger partial charge in [0.25, 0.3) is 0 Å². The van der Waals surface area contributed by atoms with E-state index in [4.69, 9.17) is 19.9 Å². The Kier molecular flexibility index (Phi) is 26.4. The molecular formula is C94H150N4Si16. The van der Waals surface area contributed by atoms with E-state index in [0.29, 0.717) is 0 Å². The smallest absolute Gasteiger partial charge is 0.115 e. The number of hydrogen-bond donors (Lipinski definition) is 0. The first kappa shape index (κ1) is 95.2. The first-order chi connectivity index (χ1) is 51.2. The molecule has 10 aromatic rings. The molecule has 0 N–H and O–H groups in total. The number of nitrogens with zero attached hydrogens (tertiary/aromatic N) is 4. The molecule has 0 fully saturated rings. The average Bonchev–Trinajstić information content (AvgIpc) is 0.684. The Morgan fingerprint density at radius 1 is 0.219 bits per heavy atom. The number of rotatable bonds is 12. The van der Waals surface area contributed by atoms with Gasteiger partial charge in [0, 0.05) is 123 Å². The van der Waals surface area contributed by atoms with Crippen LogP contribution in [-0.2, 0) is 10.8 Å². The van der Waals surface area contributed by atoms with E-state index in [1.165, 1.54) is 33.0 Å². The van der Waals surface area contributed by atoms with Crippen LogP contribution in [0.25, 0.3) is 76.5 Å². The van der Waals surface area contributed by atoms with E-state index < -0.39 is 118 Å². The Morgan fingerprint density at radius 2 is 0.377 bits per heavy atom. The molecule has 0 spiro atoms. The molecule has 0 unspecified atom stereocenters. The second-order valence-electron chi connectivity index (χ2n) is 48.3. The van der Waals surface area contributed by atoms with Crippen molar-refractivity contribution >= 4 is 194 Å². The molecule has 2 aromatic heterocycles. The maximum atomic E-state index is 6.24. The number of hydrogen-bond acceptors (Lipinski definition) is 4. The molecule has 0 aliphatic carbocycles. The van der Waals surface area contributed by atoms with Gasteiger partial charge >= 0.3 is 0 Å². The van der Waals surface area contributed by atoms with Crippen molar-refractivity contribution in [2.24, 2.45) is 0 Å². The first-order valence-corrected chi connectivity index (χ1v) is 104. The Hall–Kier alpha value is -4.29. The van der Waals surface area contributed by atoms with Crippen LogP contribution in [0.3, 0.4) is 0 Å². The maximum Gasteiger partial charge on any atom is 0.115 e. The molecule has 610 valence electrons. The highest BCUT2D eigenvalue weighted by molar-refractivity contribution is 7.94. The fourth-order valence-electron chi connectivity index (χ4n) is 24.3. The van der Waals surface area contributed by atoms with Crippen molar-refractivity contribution < 1.29 is 0 Å². The SMILES string of the molecule is CC(C)(C)c1cc2c3nc4c(C#C[Si]([Si](C)(C)C)([Si](C)(C)C)[Si](C)(C)C)ccc(C#C[Si]([Si](C)(C)C)([Si](C)(C)C)[Si](C)(C)C)c4nc3c3cc(C(C)(C)C)cc4c5nc6c(C#C[Si]([Si](C)(C)C)([Si](C)(C)C)[Si](C)(C)C)ccc(C#C[Si]([Si](C)(C)C)([Si](C)(C)C)[Si](C)(C)C)c6nc5c(c1)c2c34.Cc1ccccc1.Cc1ccccc1. The summed E-state index contributed by atoms with van der Waals surface area (Å²) in [7, 11) is -21.3. The second-order valence-corrected chi connectivity index (χ2v) is 208. The van der Waals surface area contributed by atoms with Crippen LogP contribution < -0.4 is 0 Å². The number of benzene rings is 8. The molecule has 0 radical (unpaired) electrons. The predicted molar refractivity (Wildman–Crippen MR) is 562 cm³/mol. The Morgan fingerprint density at radius 3 is 0.500 bits per heavy atom. The van der Waals surface area contributed by atoms with Crippen LogP contribution in [0.4, 0.5) is 0 Å². The minimum Gasteiger partial charge on any atom is -0.242 e. The normalized spacial score (nSPS) is 14.0. The van der Waals surface area contributed by atoms with E-state index in [1.807, 2.05) is 36.4 Å². The Balaban J connectivity index is 0.00000105. The standard InChI is InChI=1S/C80H134N4Si16.2C7H8/c1-79(2,3)63-55-65-69-66(56-63)76-78(84-74-62(50-54-100(94(34,35)36,95(37,38)39)96(40,41)42)46-44-60(72(74)82-76)48-52-98(88(16,17)18,89(19,20)21)90(22,23)24)68-58-64(80(4,5)6)57-67(70(68)69)77-75(65)81-71-59(47-51-97(85(7,8)9,86(10,11)12)87(13,14)15)43-45-61(73(71)83-77)49-53-99(91(25,26)27,92(28,29)30)93(31,32)33;2*1-7-5-3-2-4-6-7/h43-46,55-58H,1-42H3;2*2-6H,1H3. The van der Waals surface area contributed by atoms with E-state index in [-0.39, 0.29) is 10.8 Å². The van der Waals surface area contributed by atoms with Gasteiger partial charge in [-0.05, 0) is 84.3 Å². The minimum absolute atomic E-state index is 0.230. The van der Waals surface area contributed by atoms with Gasteiger partial charge in [-0.15, -0.1) is 22.2 Å². The van der Waals surface area contributed by atoms with Crippen LogP contribution in [0.2, 0.25) is 236 Å². The van der Waals surface area contributed by atoms with Gasteiger partial charge in [-0.1, -0.05) is 373 Å². The molecule has 2 heterocycles. The third-order valence-electron chi connectivity index (χ3n) is 25.8. The summed E-state index contributed by atoms with van der Waals surface area (Å²) in [5.41, 5.74) is 33.9. The van der Waals surface area contributed by atoms with Gasteiger partial charge in [0.2, 0.25) is 0 Å². The van der Waals surface area contributed by atoms with E-state index in [9.17, 15) is 0 Å². The van der Waals surface area contributed by atoms with Crippen LogP contribution in [0.5, 0.6) is 0 Å². The molecule has 0 saturated heterocycles. The van der Waals surface area contributed by atoms with Gasteiger partial charge in [-0.3, -0.25) is 0 Å². The largest absolute Gasteiger partial charge is 0.242 e. The number of aryl methyl sites for hydroxylation is 2. The van der Waals surface area contributed by atoms with Crippen molar-refractivity contribution in [3.8, 4) is 45.9 Å². The topological polar surface area (TPSA) is 51.6 Å². The predicted octanol–water partition coefficient (Wildman–Crippen LogP) is 27.7. The average molecular weight is 1790 g/mol. The number of fused-ring (bicyclic) bond motifs is 8. The van der Waals surface area contributed by atoms with Crippen molar-refractivity contribution in [2.75, 3.05) is 0 Å². The van der Waals surface area contributed by atoms with Crippen molar-refractivity contribution in [2.45, 2.75) is 302 Å². The molecule has 0 atom stereocenters. The van der Waals surface area contributed by atoms with Crippen LogP contribution in [-0.4, -0.2) is 138 Å². The monoisotopic (exact) mass is 1780 g/mol. The lowest BCUT2D eigenvalue weighted by Gasteiger charge is -2.53. The summed E-state index contributed by atoms with van der Waals surface area (Å²) in [5.74, 6) is 16.6. The van der Waals surface area contributed by atoms with Gasteiger partial charge in [0.05, 0.1) is 44.3 Å². The van der Waals surface area contributed by atoms with Gasteiger partial charge < -0.3 is 0 Å². The zero-order valence-electron chi connectivity index (χ0n) is 80.2. The van der Waals surface area contributed by atoms with E-state index >= 15 is 0 Å². The summed E-state index contributed by atoms with van der Waals surface area (Å²) in [5, 5.41) is 6.84. The summed E-state index contributed by atoms with van der Waals surface area (Å²) in [6.45, 7) is 106. The van der Waals surface area contributed by atoms with Crippen molar-refractivity contribution in [1.82, 2.24) is 19.9 Å². The molecule has 10 rings (SSSR count). The molecule has 114 heavy (non-hydrogen) atoms. The van der Waals surface area contributed by atoms with Crippen LogP contribution in [0, 0.1) is 59.7 Å². The highest BCUT2D eigenvalue weighted by Gasteiger charge is 2.65. The lowest BCUT2D eigenvalue weighted by Crippen LogP contribution is -2.82. The van der Waals surface area contributed by atoms with Crippen LogP contribution in [0.1, 0.15) is 86.1 Å². The van der Waals surface area contributed by atoms with E-state index in [2.05, 4.69) is 410 Å². The minimum atomic E-state index is -2.13. The van der Waals surface area contributed by atoms with Gasteiger partial charge in [-0.2, -0.15) is 0 Å². The molecule has 0 bridgehead atoms. The summed E-state index contributed by atoms with van der Waals surface area (Å²) in [4.78, 5) is 25.0. The molecule has 0 amide bonds. The van der Waals surface area contributed by atoms with E-state index in [0.717, 1.165) is 87.9 Å². The highest BCUT2D eigenvalue weighted by atomic mass is 29.9. The summed E-state index contributed by atoms with van der Waals surface area (Å²) < 4.78 is 0. The molecule has 8 aromatic carbocycles. The molecule has 0 aliphatic heterocycles. The highest BCUT2D eigenvalue weighted by Crippen LogP contribution is 2.49. The fourth-order valence-corrected chi connectivity index (χ4v) is 397. The molecule has 0 aliphatic rings. The van der Waals surface area contributed by atoms with Crippen LogP contribution >= 0.6 is 0 Å². The van der Waals surface area contributed by atoms with Gasteiger partial charge in [0.1, 0.15) is 48.6 Å². The summed E-state index contributed by atoms with van der Waals surface area (Å²) >= 11 is 0. The lowest BCUT2D eigenvalue weighted by atomic mass is 9.80. The second kappa shape index (κ2) is 31.6.